The quantitative estimate of drug-likeness (QED) is 0.158. The number of thioether (sulfide) groups is 1. The fourth-order valence-corrected chi connectivity index (χ4v) is 3.03. The molecule has 1 atom stereocenters. The summed E-state index contributed by atoms with van der Waals surface area (Å²) in [5.41, 5.74) is 11.5. The van der Waals surface area contributed by atoms with Gasteiger partial charge in [-0.05, 0) is 23.6 Å². The molecule has 0 spiro atoms. The first kappa shape index (κ1) is 22.2. The topological polar surface area (TPSA) is 181 Å². The zero-order valence-electron chi connectivity index (χ0n) is 15.9. The Balaban J connectivity index is 1.88. The third-order valence-corrected chi connectivity index (χ3v) is 4.86. The number of anilines is 2. The molecular weight excluding hydrogens is 400 g/mol. The van der Waals surface area contributed by atoms with Gasteiger partial charge < -0.3 is 32.1 Å². The van der Waals surface area contributed by atoms with Gasteiger partial charge in [0.2, 0.25) is 0 Å². The molecule has 2 rings (SSSR count). The molecule has 0 fully saturated rings. The molecule has 0 saturated heterocycles. The lowest BCUT2D eigenvalue weighted by Crippen LogP contribution is -2.41. The van der Waals surface area contributed by atoms with Crippen LogP contribution in [0.5, 0.6) is 11.5 Å². The number of aromatic hydroxyl groups is 2. The van der Waals surface area contributed by atoms with E-state index in [4.69, 9.17) is 11.5 Å². The van der Waals surface area contributed by atoms with Crippen LogP contribution in [-0.2, 0) is 14.1 Å². The van der Waals surface area contributed by atoms with E-state index in [1.165, 1.54) is 38.0 Å². The van der Waals surface area contributed by atoms with E-state index in [1.807, 2.05) is 0 Å². The van der Waals surface area contributed by atoms with Crippen molar-refractivity contribution in [1.29, 1.82) is 0 Å². The number of hydrogen-bond acceptors (Lipinski definition) is 10. The number of nitrogens with one attached hydrogen (secondary N) is 2. The summed E-state index contributed by atoms with van der Waals surface area (Å²) in [7, 11) is 2.78. The molecule has 11 nitrogen and oxygen atoms in total. The average Bonchev–Trinajstić information content (AvgIpc) is 2.70. The first-order valence-electron chi connectivity index (χ1n) is 8.43. The number of nitrogens with zero attached hydrogens (tertiary/aromatic N) is 2. The molecule has 0 amide bonds. The highest BCUT2D eigenvalue weighted by Gasteiger charge is 2.14. The molecule has 1 unspecified atom stereocenters. The summed E-state index contributed by atoms with van der Waals surface area (Å²) in [4.78, 5) is 23.9. The zero-order valence-corrected chi connectivity index (χ0v) is 16.7. The normalized spacial score (nSPS) is 12.7. The SMILES string of the molecule is Cn1c(N)c(NCC(O)NCS/C=C(\N)c2ccc(O)c(O)c2)c(=O)n(C)c1=O. The van der Waals surface area contributed by atoms with E-state index in [0.29, 0.717) is 17.1 Å². The zero-order chi connectivity index (χ0) is 21.7. The Morgan fingerprint density at radius 2 is 1.93 bits per heavy atom. The van der Waals surface area contributed by atoms with E-state index in [2.05, 4.69) is 10.6 Å². The molecule has 0 radical (unpaired) electrons. The highest BCUT2D eigenvalue weighted by Crippen LogP contribution is 2.27. The van der Waals surface area contributed by atoms with Gasteiger partial charge >= 0.3 is 5.69 Å². The van der Waals surface area contributed by atoms with E-state index < -0.39 is 17.5 Å². The Morgan fingerprint density at radius 1 is 1.24 bits per heavy atom. The van der Waals surface area contributed by atoms with Gasteiger partial charge in [0.25, 0.3) is 5.56 Å². The van der Waals surface area contributed by atoms with E-state index in [9.17, 15) is 24.9 Å². The second-order valence-electron chi connectivity index (χ2n) is 6.15. The minimum Gasteiger partial charge on any atom is -0.504 e. The summed E-state index contributed by atoms with van der Waals surface area (Å²) in [6.07, 6.45) is -1.00. The van der Waals surface area contributed by atoms with Crippen molar-refractivity contribution in [2.75, 3.05) is 23.5 Å². The Labute approximate surface area is 170 Å². The van der Waals surface area contributed by atoms with Crippen molar-refractivity contribution in [2.24, 2.45) is 19.8 Å². The van der Waals surface area contributed by atoms with E-state index in [1.54, 1.807) is 11.5 Å². The lowest BCUT2D eigenvalue weighted by molar-refractivity contribution is 0.158. The first-order valence-corrected chi connectivity index (χ1v) is 9.48. The van der Waals surface area contributed by atoms with E-state index in [0.717, 1.165) is 9.13 Å². The summed E-state index contributed by atoms with van der Waals surface area (Å²) >= 11 is 1.26. The molecule has 0 aliphatic heterocycles. The lowest BCUT2D eigenvalue weighted by Gasteiger charge is -2.16. The molecule has 9 N–H and O–H groups in total. The number of benzene rings is 1. The molecule has 0 aliphatic rings. The predicted octanol–water partition coefficient (Wildman–Crippen LogP) is -0.955. The molecule has 2 aromatic rings. The molecule has 0 bridgehead atoms. The maximum atomic E-state index is 12.1. The smallest absolute Gasteiger partial charge is 0.332 e. The Bertz CT molecular complexity index is 1030. The number of nitrogens with two attached hydrogens (primary N) is 2. The van der Waals surface area contributed by atoms with Crippen LogP contribution in [0.15, 0.2) is 33.2 Å². The van der Waals surface area contributed by atoms with Crippen molar-refractivity contribution in [3.8, 4) is 11.5 Å². The molecule has 0 aliphatic carbocycles. The van der Waals surface area contributed by atoms with Crippen LogP contribution in [0.25, 0.3) is 5.70 Å². The Morgan fingerprint density at radius 3 is 2.59 bits per heavy atom. The predicted molar refractivity (Wildman–Crippen MR) is 113 cm³/mol. The number of aliphatic hydroxyl groups is 1. The van der Waals surface area contributed by atoms with Crippen LogP contribution in [0.1, 0.15) is 5.56 Å². The molecular formula is C17H24N6O5S. The summed E-state index contributed by atoms with van der Waals surface area (Å²) in [6, 6.07) is 4.23. The number of phenolic OH excluding ortho intramolecular Hbond substituents is 2. The maximum absolute atomic E-state index is 12.1. The summed E-state index contributed by atoms with van der Waals surface area (Å²) in [5.74, 6) is -0.228. The van der Waals surface area contributed by atoms with Crippen LogP contribution in [0, 0.1) is 0 Å². The van der Waals surface area contributed by atoms with Gasteiger partial charge in [-0.2, -0.15) is 0 Å². The van der Waals surface area contributed by atoms with Crippen LogP contribution >= 0.6 is 11.8 Å². The number of aliphatic hydroxyl groups excluding tert-OH is 1. The molecule has 1 heterocycles. The summed E-state index contributed by atoms with van der Waals surface area (Å²) in [6.45, 7) is -0.0246. The van der Waals surface area contributed by atoms with Crippen LogP contribution in [0.2, 0.25) is 0 Å². The second-order valence-corrected chi connectivity index (χ2v) is 7.01. The first-order chi connectivity index (χ1) is 13.6. The summed E-state index contributed by atoms with van der Waals surface area (Å²) in [5, 5.41) is 36.0. The molecule has 158 valence electrons. The highest BCUT2D eigenvalue weighted by atomic mass is 32.2. The molecule has 1 aromatic carbocycles. The van der Waals surface area contributed by atoms with Crippen molar-refractivity contribution in [3.63, 3.8) is 0 Å². The maximum Gasteiger partial charge on any atom is 0.332 e. The van der Waals surface area contributed by atoms with E-state index >= 15 is 0 Å². The van der Waals surface area contributed by atoms with Crippen molar-refractivity contribution in [3.05, 3.63) is 50.0 Å². The fourth-order valence-electron chi connectivity index (χ4n) is 2.34. The standard InChI is InChI=1S/C17H24N6O5S/c1-22-15(19)14(16(27)23(2)17(22)28)20-6-13(26)21-8-29-7-10(18)9-3-4-11(24)12(25)5-9/h3-5,7,13,20-21,24-26H,6,8,18-19H2,1-2H3/b10-7-. The van der Waals surface area contributed by atoms with Gasteiger partial charge in [-0.1, -0.05) is 0 Å². The Hall–Kier alpha value is -3.09. The van der Waals surface area contributed by atoms with Gasteiger partial charge in [0, 0.05) is 31.2 Å². The van der Waals surface area contributed by atoms with Gasteiger partial charge in [-0.15, -0.1) is 11.8 Å². The van der Waals surface area contributed by atoms with Gasteiger partial charge in [-0.25, -0.2) is 4.79 Å². The number of aromatic nitrogens is 2. The van der Waals surface area contributed by atoms with Crippen LogP contribution < -0.4 is 33.3 Å². The van der Waals surface area contributed by atoms with Crippen molar-refractivity contribution < 1.29 is 15.3 Å². The van der Waals surface area contributed by atoms with Crippen LogP contribution in [0.4, 0.5) is 11.5 Å². The van der Waals surface area contributed by atoms with Gasteiger partial charge in [0.05, 0.1) is 6.54 Å². The Kier molecular flexibility index (Phi) is 7.20. The molecule has 12 heteroatoms. The number of rotatable bonds is 8. The van der Waals surface area contributed by atoms with Crippen LogP contribution in [-0.4, -0.2) is 43.1 Å². The molecule has 29 heavy (non-hydrogen) atoms. The number of phenols is 2. The van der Waals surface area contributed by atoms with Crippen LogP contribution in [0.3, 0.4) is 0 Å². The van der Waals surface area contributed by atoms with Crippen molar-refractivity contribution >= 4 is 29.0 Å². The van der Waals surface area contributed by atoms with Crippen molar-refractivity contribution in [1.82, 2.24) is 14.5 Å². The minimum absolute atomic E-state index is 0.0208. The summed E-state index contributed by atoms with van der Waals surface area (Å²) < 4.78 is 2.05. The van der Waals surface area contributed by atoms with Gasteiger partial charge in [-0.3, -0.25) is 19.2 Å². The third kappa shape index (κ3) is 5.25. The number of nitrogen functional groups attached to an aromatic ring is 1. The lowest BCUT2D eigenvalue weighted by atomic mass is 10.1. The fraction of sp³-hybridized carbons (Fsp3) is 0.294. The highest BCUT2D eigenvalue weighted by molar-refractivity contribution is 8.02. The van der Waals surface area contributed by atoms with Gasteiger partial charge in [0.1, 0.15) is 17.7 Å². The average molecular weight is 424 g/mol. The van der Waals surface area contributed by atoms with E-state index in [-0.39, 0.29) is 29.5 Å². The number of hydrogen-bond donors (Lipinski definition) is 7. The molecule has 1 aromatic heterocycles. The molecule has 0 saturated carbocycles. The minimum atomic E-state index is -1.00. The van der Waals surface area contributed by atoms with Gasteiger partial charge in [0.15, 0.2) is 11.5 Å². The third-order valence-electron chi connectivity index (χ3n) is 4.10. The monoisotopic (exact) mass is 424 g/mol. The van der Waals surface area contributed by atoms with Crippen molar-refractivity contribution in [2.45, 2.75) is 6.23 Å². The second kappa shape index (κ2) is 9.41. The largest absolute Gasteiger partial charge is 0.504 e.